The van der Waals surface area contributed by atoms with Crippen LogP contribution in [0.15, 0.2) is 66.7 Å². The van der Waals surface area contributed by atoms with Crippen molar-refractivity contribution in [3.8, 4) is 11.5 Å². The minimum absolute atomic E-state index is 0.285. The Morgan fingerprint density at radius 1 is 0.966 bits per heavy atom. The monoisotopic (exact) mass is 430 g/mol. The highest BCUT2D eigenvalue weighted by atomic mass is 35.5. The van der Waals surface area contributed by atoms with Crippen LogP contribution in [0.1, 0.15) is 15.9 Å². The molecule has 2 N–H and O–H groups in total. The molecule has 0 spiro atoms. The molecule has 0 heterocycles. The number of rotatable bonds is 6. The van der Waals surface area contributed by atoms with Crippen LogP contribution in [0.4, 0.5) is 11.4 Å². The number of ether oxygens (including phenoxy) is 1. The summed E-state index contributed by atoms with van der Waals surface area (Å²) in [5, 5.41) is 3.21. The van der Waals surface area contributed by atoms with Gasteiger partial charge in [-0.05, 0) is 55.0 Å². The molecule has 3 aromatic rings. The van der Waals surface area contributed by atoms with Crippen molar-refractivity contribution in [1.29, 1.82) is 0 Å². The summed E-state index contributed by atoms with van der Waals surface area (Å²) in [4.78, 5) is 12.8. The Bertz CT molecular complexity index is 1150. The lowest BCUT2D eigenvalue weighted by molar-refractivity contribution is 0.102. The molecule has 0 aliphatic carbocycles. The number of amides is 1. The minimum Gasteiger partial charge on any atom is -0.455 e. The van der Waals surface area contributed by atoms with Gasteiger partial charge in [-0.3, -0.25) is 9.52 Å². The van der Waals surface area contributed by atoms with Crippen LogP contribution in [0.25, 0.3) is 0 Å². The van der Waals surface area contributed by atoms with E-state index in [2.05, 4.69) is 10.0 Å². The van der Waals surface area contributed by atoms with E-state index in [1.165, 1.54) is 6.07 Å². The fraction of sp³-hybridized carbons (Fsp3) is 0.0952. The van der Waals surface area contributed by atoms with E-state index < -0.39 is 15.9 Å². The summed E-state index contributed by atoms with van der Waals surface area (Å²) < 4.78 is 31.3. The lowest BCUT2D eigenvalue weighted by Gasteiger charge is -2.14. The normalized spacial score (nSPS) is 11.0. The zero-order valence-electron chi connectivity index (χ0n) is 15.8. The van der Waals surface area contributed by atoms with E-state index in [-0.39, 0.29) is 5.56 Å². The smallest absolute Gasteiger partial charge is 0.255 e. The zero-order chi connectivity index (χ0) is 21.0. The maximum Gasteiger partial charge on any atom is 0.255 e. The van der Waals surface area contributed by atoms with Gasteiger partial charge >= 0.3 is 0 Å². The van der Waals surface area contributed by atoms with Gasteiger partial charge in [0.1, 0.15) is 5.75 Å². The second-order valence-corrected chi connectivity index (χ2v) is 8.60. The van der Waals surface area contributed by atoms with Crippen LogP contribution >= 0.6 is 11.6 Å². The Hall–Kier alpha value is -3.03. The van der Waals surface area contributed by atoms with Crippen molar-refractivity contribution >= 4 is 38.9 Å². The Morgan fingerprint density at radius 3 is 2.38 bits per heavy atom. The Kier molecular flexibility index (Phi) is 6.10. The quantitative estimate of drug-likeness (QED) is 0.572. The Balaban J connectivity index is 1.87. The molecule has 0 radical (unpaired) electrons. The van der Waals surface area contributed by atoms with E-state index in [0.29, 0.717) is 33.5 Å². The standard InChI is InChI=1S/C21H19ClN2O4S/c1-14-8-9-15(12-18(14)24-29(2,26)27)21(25)23-19-13-16(22)10-11-20(19)28-17-6-4-3-5-7-17/h3-13,24H,1-2H3,(H,23,25). The number of benzene rings is 3. The number of halogens is 1. The summed E-state index contributed by atoms with van der Waals surface area (Å²) in [5.74, 6) is 0.609. The average molecular weight is 431 g/mol. The van der Waals surface area contributed by atoms with E-state index in [1.54, 1.807) is 49.4 Å². The highest BCUT2D eigenvalue weighted by molar-refractivity contribution is 7.92. The SMILES string of the molecule is Cc1ccc(C(=O)Nc2cc(Cl)ccc2Oc2ccccc2)cc1NS(C)(=O)=O. The van der Waals surface area contributed by atoms with Gasteiger partial charge in [0.15, 0.2) is 5.75 Å². The molecule has 0 unspecified atom stereocenters. The van der Waals surface area contributed by atoms with Crippen molar-refractivity contribution in [2.24, 2.45) is 0 Å². The number of para-hydroxylation sites is 1. The number of anilines is 2. The van der Waals surface area contributed by atoms with Crippen molar-refractivity contribution in [3.05, 3.63) is 82.9 Å². The third kappa shape index (κ3) is 5.73. The molecular formula is C21H19ClN2O4S. The highest BCUT2D eigenvalue weighted by Crippen LogP contribution is 2.32. The van der Waals surface area contributed by atoms with Crippen molar-refractivity contribution < 1.29 is 17.9 Å². The Morgan fingerprint density at radius 2 is 1.69 bits per heavy atom. The van der Waals surface area contributed by atoms with E-state index in [0.717, 1.165) is 6.26 Å². The second kappa shape index (κ2) is 8.55. The number of carbonyl (C=O) groups is 1. The van der Waals surface area contributed by atoms with E-state index in [4.69, 9.17) is 16.3 Å². The van der Waals surface area contributed by atoms with Crippen molar-refractivity contribution in [3.63, 3.8) is 0 Å². The first kappa shape index (κ1) is 20.7. The van der Waals surface area contributed by atoms with Crippen LogP contribution in [0, 0.1) is 6.92 Å². The predicted molar refractivity (Wildman–Crippen MR) is 116 cm³/mol. The molecule has 150 valence electrons. The van der Waals surface area contributed by atoms with Gasteiger partial charge < -0.3 is 10.1 Å². The van der Waals surface area contributed by atoms with Crippen LogP contribution in [0.2, 0.25) is 5.02 Å². The molecule has 3 rings (SSSR count). The fourth-order valence-corrected chi connectivity index (χ4v) is 3.36. The van der Waals surface area contributed by atoms with Crippen LogP contribution in [0.3, 0.4) is 0 Å². The van der Waals surface area contributed by atoms with Gasteiger partial charge in [-0.25, -0.2) is 8.42 Å². The molecule has 0 aliphatic rings. The lowest BCUT2D eigenvalue weighted by Crippen LogP contribution is -2.15. The van der Waals surface area contributed by atoms with Crippen molar-refractivity contribution in [2.75, 3.05) is 16.3 Å². The molecule has 0 fully saturated rings. The number of hydrogen-bond acceptors (Lipinski definition) is 4. The largest absolute Gasteiger partial charge is 0.455 e. The lowest BCUT2D eigenvalue weighted by atomic mass is 10.1. The van der Waals surface area contributed by atoms with Gasteiger partial charge in [0.25, 0.3) is 5.91 Å². The number of sulfonamides is 1. The van der Waals surface area contributed by atoms with Gasteiger partial charge in [-0.1, -0.05) is 35.9 Å². The van der Waals surface area contributed by atoms with Crippen LogP contribution in [0.5, 0.6) is 11.5 Å². The second-order valence-electron chi connectivity index (χ2n) is 6.41. The molecule has 0 atom stereocenters. The van der Waals surface area contributed by atoms with Gasteiger partial charge in [-0.2, -0.15) is 0 Å². The first-order chi connectivity index (χ1) is 13.7. The first-order valence-electron chi connectivity index (χ1n) is 8.63. The molecule has 0 aliphatic heterocycles. The van der Waals surface area contributed by atoms with E-state index in [9.17, 15) is 13.2 Å². The number of carbonyl (C=O) groups excluding carboxylic acids is 1. The molecule has 3 aromatic carbocycles. The Labute approximate surface area is 174 Å². The zero-order valence-corrected chi connectivity index (χ0v) is 17.3. The van der Waals surface area contributed by atoms with E-state index >= 15 is 0 Å². The maximum absolute atomic E-state index is 12.8. The molecule has 0 aromatic heterocycles. The van der Waals surface area contributed by atoms with Gasteiger partial charge in [-0.15, -0.1) is 0 Å². The summed E-state index contributed by atoms with van der Waals surface area (Å²) in [7, 11) is -3.47. The molecule has 0 saturated carbocycles. The topological polar surface area (TPSA) is 84.5 Å². The van der Waals surface area contributed by atoms with Gasteiger partial charge in [0.05, 0.1) is 17.6 Å². The number of nitrogens with one attached hydrogen (secondary N) is 2. The average Bonchev–Trinajstić information content (AvgIpc) is 2.65. The molecule has 6 nitrogen and oxygen atoms in total. The van der Waals surface area contributed by atoms with Crippen LogP contribution in [-0.2, 0) is 10.0 Å². The van der Waals surface area contributed by atoms with Gasteiger partial charge in [0, 0.05) is 10.6 Å². The predicted octanol–water partition coefficient (Wildman–Crippen LogP) is 5.06. The van der Waals surface area contributed by atoms with Crippen LogP contribution in [-0.4, -0.2) is 20.6 Å². The number of aryl methyl sites for hydroxylation is 1. The number of hydrogen-bond donors (Lipinski definition) is 2. The third-order valence-electron chi connectivity index (χ3n) is 3.96. The van der Waals surface area contributed by atoms with Crippen molar-refractivity contribution in [2.45, 2.75) is 6.92 Å². The fourth-order valence-electron chi connectivity index (χ4n) is 2.57. The first-order valence-corrected chi connectivity index (χ1v) is 10.9. The highest BCUT2D eigenvalue weighted by Gasteiger charge is 2.14. The molecule has 1 amide bonds. The summed E-state index contributed by atoms with van der Waals surface area (Å²) in [6.45, 7) is 1.75. The molecule has 29 heavy (non-hydrogen) atoms. The van der Waals surface area contributed by atoms with Crippen molar-refractivity contribution in [1.82, 2.24) is 0 Å². The summed E-state index contributed by atoms with van der Waals surface area (Å²) in [6, 6.07) is 18.8. The minimum atomic E-state index is -3.47. The third-order valence-corrected chi connectivity index (χ3v) is 4.78. The summed E-state index contributed by atoms with van der Waals surface area (Å²) in [6.07, 6.45) is 1.05. The maximum atomic E-state index is 12.8. The summed E-state index contributed by atoms with van der Waals surface area (Å²) >= 11 is 6.08. The molecule has 8 heteroatoms. The molecule has 0 bridgehead atoms. The van der Waals surface area contributed by atoms with E-state index in [1.807, 2.05) is 18.2 Å². The van der Waals surface area contributed by atoms with Gasteiger partial charge in [0.2, 0.25) is 10.0 Å². The molecular weight excluding hydrogens is 412 g/mol. The molecule has 0 saturated heterocycles. The van der Waals surface area contributed by atoms with Crippen LogP contribution < -0.4 is 14.8 Å². The summed E-state index contributed by atoms with van der Waals surface area (Å²) in [5.41, 5.74) is 1.71.